The van der Waals surface area contributed by atoms with Crippen LogP contribution in [-0.2, 0) is 22.8 Å². The SMILES string of the molecule is CS(=O)(=O)C1CSCCN1CC1Cc2ccccc2CN1. The summed E-state index contributed by atoms with van der Waals surface area (Å²) in [6.07, 6.45) is 2.34. The molecule has 1 aromatic rings. The summed E-state index contributed by atoms with van der Waals surface area (Å²) in [5, 5.41) is 3.23. The number of thioether (sulfide) groups is 1. The molecule has 0 radical (unpaired) electrons. The van der Waals surface area contributed by atoms with E-state index in [0.717, 1.165) is 31.8 Å². The maximum absolute atomic E-state index is 12.0. The Labute approximate surface area is 131 Å². The molecule has 1 N–H and O–H groups in total. The number of sulfone groups is 1. The Bertz CT molecular complexity index is 603. The van der Waals surface area contributed by atoms with Gasteiger partial charge in [0.2, 0.25) is 0 Å². The lowest BCUT2D eigenvalue weighted by molar-refractivity contribution is 0.233. The van der Waals surface area contributed by atoms with Crippen molar-refractivity contribution in [2.45, 2.75) is 24.4 Å². The molecule has 2 atom stereocenters. The summed E-state index contributed by atoms with van der Waals surface area (Å²) < 4.78 is 23.9. The third-order valence-corrected chi connectivity index (χ3v) is 6.99. The number of hydrogen-bond acceptors (Lipinski definition) is 5. The van der Waals surface area contributed by atoms with Gasteiger partial charge in [-0.25, -0.2) is 8.42 Å². The van der Waals surface area contributed by atoms with Gasteiger partial charge in [-0.15, -0.1) is 0 Å². The fourth-order valence-electron chi connectivity index (χ4n) is 3.15. The molecule has 21 heavy (non-hydrogen) atoms. The molecule has 1 saturated heterocycles. The number of hydrogen-bond donors (Lipinski definition) is 1. The Kier molecular flexibility index (Phi) is 4.59. The lowest BCUT2D eigenvalue weighted by Crippen LogP contribution is -2.53. The van der Waals surface area contributed by atoms with Crippen LogP contribution in [0.5, 0.6) is 0 Å². The Hall–Kier alpha value is -0.560. The van der Waals surface area contributed by atoms with Crippen LogP contribution in [0.2, 0.25) is 0 Å². The Morgan fingerprint density at radius 1 is 1.33 bits per heavy atom. The van der Waals surface area contributed by atoms with Gasteiger partial charge in [0, 0.05) is 43.4 Å². The first kappa shape index (κ1) is 15.3. The average molecular weight is 326 g/mol. The fraction of sp³-hybridized carbons (Fsp3) is 0.600. The van der Waals surface area contributed by atoms with Crippen molar-refractivity contribution in [3.05, 3.63) is 35.4 Å². The highest BCUT2D eigenvalue weighted by molar-refractivity contribution is 8.00. The number of nitrogens with one attached hydrogen (secondary N) is 1. The molecule has 2 aliphatic heterocycles. The van der Waals surface area contributed by atoms with Gasteiger partial charge in [-0.1, -0.05) is 24.3 Å². The van der Waals surface area contributed by atoms with Gasteiger partial charge >= 0.3 is 0 Å². The van der Waals surface area contributed by atoms with Gasteiger partial charge in [0.05, 0.1) is 0 Å². The highest BCUT2D eigenvalue weighted by Crippen LogP contribution is 2.22. The van der Waals surface area contributed by atoms with Crippen LogP contribution in [0.4, 0.5) is 0 Å². The van der Waals surface area contributed by atoms with Gasteiger partial charge in [0.25, 0.3) is 0 Å². The van der Waals surface area contributed by atoms with E-state index in [0.29, 0.717) is 11.8 Å². The van der Waals surface area contributed by atoms with Crippen molar-refractivity contribution in [3.63, 3.8) is 0 Å². The summed E-state index contributed by atoms with van der Waals surface area (Å²) in [6, 6.07) is 8.84. The second-order valence-electron chi connectivity index (χ2n) is 5.90. The summed E-state index contributed by atoms with van der Waals surface area (Å²) in [5.74, 6) is 1.72. The minimum Gasteiger partial charge on any atom is -0.308 e. The van der Waals surface area contributed by atoms with Gasteiger partial charge in [-0.2, -0.15) is 11.8 Å². The van der Waals surface area contributed by atoms with E-state index >= 15 is 0 Å². The molecule has 2 unspecified atom stereocenters. The van der Waals surface area contributed by atoms with Crippen LogP contribution in [0.25, 0.3) is 0 Å². The quantitative estimate of drug-likeness (QED) is 0.902. The van der Waals surface area contributed by atoms with Crippen molar-refractivity contribution < 1.29 is 8.42 Å². The zero-order valence-electron chi connectivity index (χ0n) is 12.3. The zero-order valence-corrected chi connectivity index (χ0v) is 13.9. The third kappa shape index (κ3) is 3.62. The molecule has 2 heterocycles. The van der Waals surface area contributed by atoms with Crippen molar-refractivity contribution in [1.29, 1.82) is 0 Å². The molecule has 0 amide bonds. The van der Waals surface area contributed by atoms with Crippen molar-refractivity contribution in [3.8, 4) is 0 Å². The maximum Gasteiger partial charge on any atom is 0.164 e. The van der Waals surface area contributed by atoms with E-state index < -0.39 is 9.84 Å². The topological polar surface area (TPSA) is 49.4 Å². The maximum atomic E-state index is 12.0. The molecular formula is C15H22N2O2S2. The van der Waals surface area contributed by atoms with Gasteiger partial charge in [0.15, 0.2) is 9.84 Å². The van der Waals surface area contributed by atoms with Crippen LogP contribution >= 0.6 is 11.8 Å². The molecule has 0 aromatic heterocycles. The molecule has 2 aliphatic rings. The summed E-state index contributed by atoms with van der Waals surface area (Å²) in [6.45, 7) is 2.56. The molecule has 6 heteroatoms. The summed E-state index contributed by atoms with van der Waals surface area (Å²) in [4.78, 5) is 2.15. The molecule has 3 rings (SSSR count). The minimum atomic E-state index is -3.01. The first-order chi connectivity index (χ1) is 10.0. The predicted octanol–water partition coefficient (Wildman–Crippen LogP) is 1.12. The minimum absolute atomic E-state index is 0.324. The lowest BCUT2D eigenvalue weighted by Gasteiger charge is -2.38. The molecular weight excluding hydrogens is 304 g/mol. The van der Waals surface area contributed by atoms with Gasteiger partial charge in [0.1, 0.15) is 5.37 Å². The summed E-state index contributed by atoms with van der Waals surface area (Å²) >= 11 is 1.74. The smallest absolute Gasteiger partial charge is 0.164 e. The van der Waals surface area contributed by atoms with E-state index in [1.165, 1.54) is 17.4 Å². The molecule has 1 aromatic carbocycles. The van der Waals surface area contributed by atoms with E-state index in [1.54, 1.807) is 11.8 Å². The number of rotatable bonds is 3. The summed E-state index contributed by atoms with van der Waals surface area (Å²) in [5.41, 5.74) is 2.76. The Morgan fingerprint density at radius 3 is 2.86 bits per heavy atom. The van der Waals surface area contributed by atoms with Gasteiger partial charge in [-0.05, 0) is 17.5 Å². The van der Waals surface area contributed by atoms with Crippen LogP contribution in [-0.4, -0.2) is 55.6 Å². The van der Waals surface area contributed by atoms with Crippen molar-refractivity contribution >= 4 is 21.6 Å². The monoisotopic (exact) mass is 326 g/mol. The fourth-order valence-corrected chi connectivity index (χ4v) is 6.11. The highest BCUT2D eigenvalue weighted by atomic mass is 32.2. The summed E-state index contributed by atoms with van der Waals surface area (Å²) in [7, 11) is -3.01. The van der Waals surface area contributed by atoms with Crippen LogP contribution in [0.3, 0.4) is 0 Å². The van der Waals surface area contributed by atoms with Crippen molar-refractivity contribution in [2.75, 3.05) is 30.9 Å². The van der Waals surface area contributed by atoms with Crippen molar-refractivity contribution in [1.82, 2.24) is 10.2 Å². The Morgan fingerprint density at radius 2 is 2.10 bits per heavy atom. The van der Waals surface area contributed by atoms with Gasteiger partial charge < -0.3 is 5.32 Å². The predicted molar refractivity (Wildman–Crippen MR) is 88.3 cm³/mol. The second-order valence-corrected chi connectivity index (χ2v) is 9.26. The van der Waals surface area contributed by atoms with Gasteiger partial charge in [-0.3, -0.25) is 4.90 Å². The molecule has 4 nitrogen and oxygen atoms in total. The van der Waals surface area contributed by atoms with E-state index in [4.69, 9.17) is 0 Å². The van der Waals surface area contributed by atoms with E-state index in [2.05, 4.69) is 34.5 Å². The van der Waals surface area contributed by atoms with Crippen molar-refractivity contribution in [2.24, 2.45) is 0 Å². The van der Waals surface area contributed by atoms with E-state index in [-0.39, 0.29) is 5.37 Å². The van der Waals surface area contributed by atoms with E-state index in [1.807, 2.05) is 0 Å². The first-order valence-electron chi connectivity index (χ1n) is 7.35. The number of benzene rings is 1. The first-order valence-corrected chi connectivity index (χ1v) is 10.5. The van der Waals surface area contributed by atoms with Crippen LogP contribution < -0.4 is 5.32 Å². The molecule has 1 fully saturated rings. The molecule has 116 valence electrons. The van der Waals surface area contributed by atoms with Crippen LogP contribution in [0, 0.1) is 0 Å². The standard InChI is InChI=1S/C15H22N2O2S2/c1-21(18,19)15-11-20-7-6-17(15)10-14-8-12-4-2-3-5-13(12)9-16-14/h2-5,14-16H,6-11H2,1H3. The normalized spacial score (nSPS) is 27.3. The molecule has 0 aliphatic carbocycles. The van der Waals surface area contributed by atoms with Crippen LogP contribution in [0.15, 0.2) is 24.3 Å². The third-order valence-electron chi connectivity index (χ3n) is 4.31. The lowest BCUT2D eigenvalue weighted by atomic mass is 9.95. The second kappa shape index (κ2) is 6.28. The molecule has 0 bridgehead atoms. The largest absolute Gasteiger partial charge is 0.308 e. The zero-order chi connectivity index (χ0) is 14.9. The highest BCUT2D eigenvalue weighted by Gasteiger charge is 2.32. The van der Waals surface area contributed by atoms with Crippen LogP contribution in [0.1, 0.15) is 11.1 Å². The Balaban J connectivity index is 1.69. The number of fused-ring (bicyclic) bond motifs is 1. The molecule has 0 saturated carbocycles. The average Bonchev–Trinajstić information content (AvgIpc) is 2.46. The van der Waals surface area contributed by atoms with E-state index in [9.17, 15) is 8.42 Å². The number of nitrogens with zero attached hydrogens (tertiary/aromatic N) is 1. The molecule has 0 spiro atoms.